The van der Waals surface area contributed by atoms with Gasteiger partial charge in [0.2, 0.25) is 0 Å². The van der Waals surface area contributed by atoms with Crippen LogP contribution in [0.5, 0.6) is 11.5 Å². The molecule has 1 aromatic carbocycles. The fourth-order valence-electron chi connectivity index (χ4n) is 1.65. The highest BCUT2D eigenvalue weighted by atomic mass is 16.7. The molecule has 132 valence electrons. The lowest BCUT2D eigenvalue weighted by molar-refractivity contribution is -0.385. The molecule has 0 unspecified atom stereocenters. The van der Waals surface area contributed by atoms with E-state index in [1.54, 1.807) is 0 Å². The molecule has 0 amide bonds. The Bertz CT molecular complexity index is 614. The molecule has 0 aliphatic carbocycles. The van der Waals surface area contributed by atoms with E-state index >= 15 is 0 Å². The Morgan fingerprint density at radius 2 is 2.04 bits per heavy atom. The van der Waals surface area contributed by atoms with Gasteiger partial charge in [-0.25, -0.2) is 4.79 Å². The van der Waals surface area contributed by atoms with Gasteiger partial charge in [-0.05, 0) is 13.0 Å². The number of ether oxygens (including phenoxy) is 4. The minimum Gasteiger partial charge on any atom is -0.493 e. The zero-order valence-electron chi connectivity index (χ0n) is 13.4. The number of aliphatic hydroxyl groups excluding tert-OH is 1. The summed E-state index contributed by atoms with van der Waals surface area (Å²) in [6, 6.07) is 2.51. The maximum atomic E-state index is 11.1. The molecule has 0 bridgehead atoms. The van der Waals surface area contributed by atoms with Gasteiger partial charge in [0.05, 0.1) is 36.9 Å². The number of nitro groups is 1. The van der Waals surface area contributed by atoms with E-state index in [4.69, 9.17) is 24.1 Å². The first-order chi connectivity index (χ1) is 11.4. The first kappa shape index (κ1) is 19.4. The lowest BCUT2D eigenvalue weighted by Crippen LogP contribution is -2.13. The third kappa shape index (κ3) is 5.52. The molecule has 0 spiro atoms. The second-order valence-electron chi connectivity index (χ2n) is 4.63. The second kappa shape index (κ2) is 9.48. The lowest BCUT2D eigenvalue weighted by atomic mass is 10.1. The van der Waals surface area contributed by atoms with Crippen LogP contribution in [0, 0.1) is 10.1 Å². The Balaban J connectivity index is 2.58. The van der Waals surface area contributed by atoms with Gasteiger partial charge in [-0.3, -0.25) is 10.1 Å². The van der Waals surface area contributed by atoms with Crippen LogP contribution in [0.3, 0.4) is 0 Å². The molecule has 1 aromatic rings. The largest absolute Gasteiger partial charge is 0.493 e. The minimum atomic E-state index is -0.620. The van der Waals surface area contributed by atoms with E-state index in [-0.39, 0.29) is 48.3 Å². The number of methoxy groups -OCH3 is 1. The fraction of sp³-hybridized carbons (Fsp3) is 0.400. The summed E-state index contributed by atoms with van der Waals surface area (Å²) in [5, 5.41) is 20.2. The smallest absolute Gasteiger partial charge is 0.335 e. The molecule has 24 heavy (non-hydrogen) atoms. The van der Waals surface area contributed by atoms with Crippen molar-refractivity contribution in [2.24, 2.45) is 0 Å². The zero-order valence-corrected chi connectivity index (χ0v) is 13.4. The van der Waals surface area contributed by atoms with Gasteiger partial charge in [-0.15, -0.1) is 0 Å². The molecule has 9 heteroatoms. The summed E-state index contributed by atoms with van der Waals surface area (Å²) in [5.74, 6) is -0.171. The molecular weight excluding hydrogens is 322 g/mol. The average molecular weight is 341 g/mol. The number of carbonyl (C=O) groups is 1. The molecule has 0 aromatic heterocycles. The van der Waals surface area contributed by atoms with Gasteiger partial charge in [0.1, 0.15) is 6.61 Å². The van der Waals surface area contributed by atoms with Crippen molar-refractivity contribution < 1.29 is 33.8 Å². The number of benzene rings is 1. The molecule has 0 saturated carbocycles. The maximum absolute atomic E-state index is 11.1. The molecule has 1 rings (SSSR count). The Morgan fingerprint density at radius 1 is 1.33 bits per heavy atom. The summed E-state index contributed by atoms with van der Waals surface area (Å²) in [7, 11) is 1.38. The quantitative estimate of drug-likeness (QED) is 0.170. The van der Waals surface area contributed by atoms with E-state index in [1.165, 1.54) is 26.2 Å². The molecule has 9 nitrogen and oxygen atoms in total. The Morgan fingerprint density at radius 3 is 2.58 bits per heavy atom. The fourth-order valence-corrected chi connectivity index (χ4v) is 1.65. The van der Waals surface area contributed by atoms with E-state index < -0.39 is 17.5 Å². The van der Waals surface area contributed by atoms with Crippen LogP contribution >= 0.6 is 0 Å². The summed E-state index contributed by atoms with van der Waals surface area (Å²) >= 11 is 0. The van der Waals surface area contributed by atoms with Crippen LogP contribution < -0.4 is 9.47 Å². The average Bonchev–Trinajstić information content (AvgIpc) is 2.56. The normalized spacial score (nSPS) is 10.1. The summed E-state index contributed by atoms with van der Waals surface area (Å²) in [6.45, 7) is 4.33. The molecule has 0 heterocycles. The molecule has 0 aliphatic heterocycles. The van der Waals surface area contributed by atoms with E-state index in [9.17, 15) is 14.9 Å². The van der Waals surface area contributed by atoms with Crippen molar-refractivity contribution in [3.8, 4) is 11.5 Å². The summed E-state index contributed by atoms with van der Waals surface area (Å²) in [6.07, 6.45) is 0. The third-order valence-electron chi connectivity index (χ3n) is 2.84. The van der Waals surface area contributed by atoms with Crippen LogP contribution in [-0.2, 0) is 20.9 Å². The van der Waals surface area contributed by atoms with Crippen LogP contribution in [0.15, 0.2) is 24.3 Å². The van der Waals surface area contributed by atoms with Crippen LogP contribution in [0.2, 0.25) is 0 Å². The number of nitro benzene ring substituents is 1. The standard InChI is InChI=1S/C15H19NO8/c1-10(2)15(18)24-9-22-4-5-23-14-7-12(16(19)20)11(8-17)6-13(14)21-3/h6-7,17H,1,4-5,8-9H2,2-3H3. The van der Waals surface area contributed by atoms with E-state index in [2.05, 4.69) is 6.58 Å². The van der Waals surface area contributed by atoms with Gasteiger partial charge in [0, 0.05) is 5.57 Å². The van der Waals surface area contributed by atoms with Crippen molar-refractivity contribution in [1.82, 2.24) is 0 Å². The van der Waals surface area contributed by atoms with Crippen LogP contribution in [0.1, 0.15) is 12.5 Å². The number of rotatable bonds is 10. The zero-order chi connectivity index (χ0) is 18.1. The van der Waals surface area contributed by atoms with Crippen LogP contribution in [-0.4, -0.2) is 43.1 Å². The van der Waals surface area contributed by atoms with Crippen molar-refractivity contribution in [3.63, 3.8) is 0 Å². The van der Waals surface area contributed by atoms with Crippen molar-refractivity contribution in [1.29, 1.82) is 0 Å². The Hall–Kier alpha value is -2.65. The first-order valence-corrected chi connectivity index (χ1v) is 6.90. The third-order valence-corrected chi connectivity index (χ3v) is 2.84. The highest BCUT2D eigenvalue weighted by Gasteiger charge is 2.19. The van der Waals surface area contributed by atoms with Crippen LogP contribution in [0.25, 0.3) is 0 Å². The molecule has 0 radical (unpaired) electrons. The van der Waals surface area contributed by atoms with Gasteiger partial charge < -0.3 is 24.1 Å². The summed E-state index contributed by atoms with van der Waals surface area (Å²) in [5.41, 5.74) is 0.104. The topological polar surface area (TPSA) is 117 Å². The summed E-state index contributed by atoms with van der Waals surface area (Å²) in [4.78, 5) is 21.5. The lowest BCUT2D eigenvalue weighted by Gasteiger charge is -2.12. The van der Waals surface area contributed by atoms with Crippen molar-refractivity contribution in [3.05, 3.63) is 40.0 Å². The molecular formula is C15H19NO8. The number of hydrogen-bond donors (Lipinski definition) is 1. The van der Waals surface area contributed by atoms with E-state index in [1.807, 2.05) is 0 Å². The highest BCUT2D eigenvalue weighted by Crippen LogP contribution is 2.34. The number of esters is 1. The van der Waals surface area contributed by atoms with Crippen molar-refractivity contribution in [2.75, 3.05) is 27.1 Å². The molecule has 0 saturated heterocycles. The van der Waals surface area contributed by atoms with Crippen molar-refractivity contribution >= 4 is 11.7 Å². The van der Waals surface area contributed by atoms with Gasteiger partial charge in [0.25, 0.3) is 5.69 Å². The maximum Gasteiger partial charge on any atom is 0.335 e. The predicted octanol–water partition coefficient (Wildman–Crippen LogP) is 1.57. The molecule has 1 N–H and O–H groups in total. The molecule has 0 fully saturated rings. The predicted molar refractivity (Wildman–Crippen MR) is 82.8 cm³/mol. The monoisotopic (exact) mass is 341 g/mol. The number of nitrogens with zero attached hydrogens (tertiary/aromatic N) is 1. The Labute approximate surface area is 138 Å². The first-order valence-electron chi connectivity index (χ1n) is 6.90. The van der Waals surface area contributed by atoms with Gasteiger partial charge in [-0.1, -0.05) is 6.58 Å². The van der Waals surface area contributed by atoms with Gasteiger partial charge in [0.15, 0.2) is 18.3 Å². The van der Waals surface area contributed by atoms with Gasteiger partial charge >= 0.3 is 5.97 Å². The number of hydrogen-bond acceptors (Lipinski definition) is 8. The minimum absolute atomic E-state index is 0.0522. The highest BCUT2D eigenvalue weighted by molar-refractivity contribution is 5.86. The summed E-state index contributed by atoms with van der Waals surface area (Å²) < 4.78 is 20.2. The number of carbonyl (C=O) groups excluding carboxylic acids is 1. The Kier molecular flexibility index (Phi) is 7.66. The van der Waals surface area contributed by atoms with Gasteiger partial charge in [-0.2, -0.15) is 0 Å². The SMILES string of the molecule is C=C(C)C(=O)OCOCCOc1cc([N+](=O)[O-])c(CO)cc1OC. The van der Waals surface area contributed by atoms with Crippen molar-refractivity contribution in [2.45, 2.75) is 13.5 Å². The molecule has 0 aliphatic rings. The van der Waals surface area contributed by atoms with Crippen LogP contribution in [0.4, 0.5) is 5.69 Å². The molecule has 0 atom stereocenters. The number of aliphatic hydroxyl groups is 1. The van der Waals surface area contributed by atoms with E-state index in [0.29, 0.717) is 0 Å². The van der Waals surface area contributed by atoms with E-state index in [0.717, 1.165) is 0 Å². The second-order valence-corrected chi connectivity index (χ2v) is 4.63.